The minimum absolute atomic E-state index is 0.801. The number of aromatic nitrogens is 2. The molecule has 16 heteroatoms. The molecule has 0 aliphatic rings. The number of unbranched alkanes of at least 4 members (excludes halogenated alkanes) is 18. The molecule has 3 aromatic carbocycles. The predicted octanol–water partition coefficient (Wildman–Crippen LogP) is 39.1. The third kappa shape index (κ3) is 23.2. The molecule has 16 aromatic rings. The lowest BCUT2D eigenvalue weighted by Crippen LogP contribution is -1.98. The second kappa shape index (κ2) is 45.8. The zero-order chi connectivity index (χ0) is 85.7. The van der Waals surface area contributed by atoms with E-state index < -0.39 is 0 Å². The topological polar surface area (TPSA) is 44.2 Å². The van der Waals surface area contributed by atoms with Crippen molar-refractivity contribution in [2.24, 2.45) is 0 Å². The van der Waals surface area contributed by atoms with Crippen molar-refractivity contribution < 1.29 is 9.47 Å². The number of aryl methyl sites for hydroxylation is 8. The van der Waals surface area contributed by atoms with Crippen molar-refractivity contribution in [3.8, 4) is 143 Å². The molecule has 0 atom stereocenters. The normalized spacial score (nSPS) is 11.6. The van der Waals surface area contributed by atoms with Crippen LogP contribution in [0.5, 0.6) is 11.5 Å². The van der Waals surface area contributed by atoms with Crippen molar-refractivity contribution in [3.63, 3.8) is 0 Å². The molecule has 0 fully saturated rings. The van der Waals surface area contributed by atoms with Gasteiger partial charge >= 0.3 is 0 Å². The summed E-state index contributed by atoms with van der Waals surface area (Å²) in [4.78, 5) is 44.9. The summed E-state index contributed by atoms with van der Waals surface area (Å²) in [5.41, 5.74) is 13.7. The number of methoxy groups -OCH3 is 2. The second-order valence-electron chi connectivity index (χ2n) is 33.0. The van der Waals surface area contributed by atoms with Crippen LogP contribution in [0.3, 0.4) is 0 Å². The zero-order valence-electron chi connectivity index (χ0n) is 74.1. The van der Waals surface area contributed by atoms with Crippen molar-refractivity contribution in [1.82, 2.24) is 9.97 Å². The Kier molecular flexibility index (Phi) is 33.9. The Balaban J connectivity index is 0.000000228. The molecule has 646 valence electrons. The third-order valence-electron chi connectivity index (χ3n) is 23.4. The fourth-order valence-corrected chi connectivity index (χ4v) is 30.3. The first-order valence-electron chi connectivity index (χ1n) is 45.8. The summed E-state index contributed by atoms with van der Waals surface area (Å²) in [6.07, 6.45) is 38.2. The van der Waals surface area contributed by atoms with Crippen LogP contribution in [-0.4, -0.2) is 24.2 Å². The molecule has 4 nitrogen and oxygen atoms in total. The number of ether oxygens (including phenoxy) is 2. The first kappa shape index (κ1) is 91.7. The summed E-state index contributed by atoms with van der Waals surface area (Å²) in [6.45, 7) is 18.3. The summed E-state index contributed by atoms with van der Waals surface area (Å²) in [7, 11) is 3.41. The highest BCUT2D eigenvalue weighted by atomic mass is 32.1. The summed E-state index contributed by atoms with van der Waals surface area (Å²) in [6, 6.07) is 68.5. The lowest BCUT2D eigenvalue weighted by molar-refractivity contribution is 0.414. The van der Waals surface area contributed by atoms with E-state index in [0.29, 0.717) is 0 Å². The molecule has 0 bridgehead atoms. The van der Waals surface area contributed by atoms with Gasteiger partial charge in [-0.1, -0.05) is 169 Å². The van der Waals surface area contributed by atoms with Crippen LogP contribution >= 0.6 is 136 Å². The molecule has 0 spiro atoms. The Bertz CT molecular complexity index is 6010. The van der Waals surface area contributed by atoms with Crippen molar-refractivity contribution in [1.29, 1.82) is 0 Å². The Labute approximate surface area is 787 Å². The molecule has 13 aromatic heterocycles. The highest BCUT2D eigenvalue weighted by Gasteiger charge is 2.26. The van der Waals surface area contributed by atoms with Crippen LogP contribution < -0.4 is 9.47 Å². The monoisotopic (exact) mass is 1860 g/mol. The summed E-state index contributed by atoms with van der Waals surface area (Å²) < 4.78 is 11.2. The molecule has 0 radical (unpaired) electrons. The molecular formula is C108H120N2O2S12. The molecule has 0 aliphatic carbocycles. The highest BCUT2D eigenvalue weighted by molar-refractivity contribution is 7.32. The molecule has 13 heterocycles. The van der Waals surface area contributed by atoms with Gasteiger partial charge in [0, 0.05) is 139 Å². The Morgan fingerprint density at radius 3 is 0.895 bits per heavy atom. The van der Waals surface area contributed by atoms with Gasteiger partial charge in [-0.3, -0.25) is 0 Å². The molecule has 0 unspecified atom stereocenters. The van der Waals surface area contributed by atoms with E-state index in [2.05, 4.69) is 213 Å². The number of fused-ring (bicyclic) bond motifs is 1. The van der Waals surface area contributed by atoms with Crippen molar-refractivity contribution in [2.75, 3.05) is 14.2 Å². The second-order valence-corrected chi connectivity index (χ2v) is 46.4. The molecule has 0 saturated heterocycles. The first-order chi connectivity index (χ1) is 60.9. The lowest BCUT2D eigenvalue weighted by atomic mass is 10.0. The van der Waals surface area contributed by atoms with Gasteiger partial charge in [-0.25, -0.2) is 9.97 Å². The molecule has 16 rings (SSSR count). The van der Waals surface area contributed by atoms with Crippen LogP contribution in [0.15, 0.2) is 182 Å². The van der Waals surface area contributed by atoms with Gasteiger partial charge in [-0.2, -0.15) is 0 Å². The maximum Gasteiger partial charge on any atom is 0.118 e. The fraction of sp³-hybridized carbons (Fsp3) is 0.370. The summed E-state index contributed by atoms with van der Waals surface area (Å²) >= 11 is 23.6. The molecule has 0 N–H and O–H groups in total. The Morgan fingerprint density at radius 2 is 0.516 bits per heavy atom. The van der Waals surface area contributed by atoms with E-state index in [-0.39, 0.29) is 0 Å². The van der Waals surface area contributed by atoms with Gasteiger partial charge in [0.15, 0.2) is 0 Å². The van der Waals surface area contributed by atoms with Gasteiger partial charge < -0.3 is 9.47 Å². The minimum Gasteiger partial charge on any atom is -0.497 e. The molecule has 0 aliphatic heterocycles. The van der Waals surface area contributed by atoms with Crippen LogP contribution in [0.1, 0.15) is 237 Å². The van der Waals surface area contributed by atoms with Gasteiger partial charge in [-0.15, -0.1) is 136 Å². The molecule has 0 amide bonds. The quantitative estimate of drug-likeness (QED) is 0.0357. The fourth-order valence-electron chi connectivity index (χ4n) is 16.5. The van der Waals surface area contributed by atoms with Crippen molar-refractivity contribution >= 4 is 147 Å². The zero-order valence-corrected chi connectivity index (χ0v) is 83.9. The van der Waals surface area contributed by atoms with Gasteiger partial charge in [0.25, 0.3) is 0 Å². The maximum absolute atomic E-state index is 5.67. The highest BCUT2D eigenvalue weighted by Crippen LogP contribution is 2.53. The average molecular weight is 1860 g/mol. The predicted molar refractivity (Wildman–Crippen MR) is 561 cm³/mol. The van der Waals surface area contributed by atoms with E-state index >= 15 is 0 Å². The molecule has 0 saturated carbocycles. The molecule has 124 heavy (non-hydrogen) atoms. The van der Waals surface area contributed by atoms with Crippen molar-refractivity contribution in [2.45, 2.75) is 248 Å². The van der Waals surface area contributed by atoms with Gasteiger partial charge in [0.2, 0.25) is 0 Å². The van der Waals surface area contributed by atoms with E-state index in [0.717, 1.165) is 69.0 Å². The standard InChI is InChI=1S/C69H70N2O2S7.C39H50S5/c1-7-10-13-16-19-47-42-62(79-69(47)63-43-48(20-17-14-11-8-2)68(80-63)61-41-40-59(78-61)58-39-38-57(77-58)56-35-31-51(75-56)21-18-15-12-9-3)60-37-36-55(76-60)53-33-32-52(54-34-22-44(4)74-54)66-67(53)71-65(46-25-29-50(73-6)30-26-46)64(70-66)45-23-27-49(72-5)28-24-45;1-5-8-11-14-17-29-26-28(4)40-39(29)37-27-30(18-15-12-9-6-2)38(44-37)36-25-24-35(43-36)34-23-22-33(42-34)32-21-20-31(41-32)19-16-13-10-7-3/h22-43H,7-21H2,1-6H3;20-27H,5-19H2,1-4H3. The maximum atomic E-state index is 5.67. The van der Waals surface area contributed by atoms with Gasteiger partial charge in [0.1, 0.15) is 11.5 Å². The van der Waals surface area contributed by atoms with Gasteiger partial charge in [0.05, 0.1) is 36.6 Å². The average Bonchev–Trinajstić information content (AvgIpc) is 1.64. The van der Waals surface area contributed by atoms with Crippen LogP contribution in [0.4, 0.5) is 0 Å². The number of benzene rings is 3. The van der Waals surface area contributed by atoms with E-state index in [1.165, 1.54) is 308 Å². The van der Waals surface area contributed by atoms with E-state index in [1.54, 1.807) is 36.7 Å². The van der Waals surface area contributed by atoms with Crippen LogP contribution in [0.25, 0.3) is 142 Å². The lowest BCUT2D eigenvalue weighted by Gasteiger charge is -2.15. The smallest absolute Gasteiger partial charge is 0.118 e. The molecular weight excluding hydrogens is 1740 g/mol. The Morgan fingerprint density at radius 1 is 0.226 bits per heavy atom. The Hall–Kier alpha value is -7.00. The summed E-state index contributed by atoms with van der Waals surface area (Å²) in [5, 5.41) is 0. The van der Waals surface area contributed by atoms with E-state index in [9.17, 15) is 0 Å². The van der Waals surface area contributed by atoms with E-state index in [1.807, 2.05) is 149 Å². The number of rotatable bonds is 45. The third-order valence-corrected chi connectivity index (χ3v) is 38.5. The number of nitrogens with zero attached hydrogens (tertiary/aromatic N) is 2. The largest absolute Gasteiger partial charge is 0.497 e. The SMILES string of the molecule is CCCCCCc1ccc(-c2ccc(-c3ccc(-c4sc(-c5sc(-c6ccc(-c7ccc(-c8ccc(C)s8)c8nc(-c9ccc(OC)cc9)c(-c9ccc(OC)cc9)nc78)s6)cc5CCCCCC)cc4CCCCCC)s3)s2)s1.CCCCCCc1ccc(-c2ccc(-c3ccc(-c4sc(-c5sc(C)cc5CCCCCC)cc4CCCCCC)s3)s2)s1. The van der Waals surface area contributed by atoms with E-state index in [4.69, 9.17) is 19.4 Å². The van der Waals surface area contributed by atoms with Gasteiger partial charge in [-0.05, 0) is 283 Å². The van der Waals surface area contributed by atoms with Crippen molar-refractivity contribution in [3.05, 3.63) is 224 Å². The van der Waals surface area contributed by atoms with Crippen LogP contribution in [-0.2, 0) is 38.5 Å². The minimum atomic E-state index is 0.801. The number of thiophene rings is 12. The first-order valence-corrected chi connectivity index (χ1v) is 55.6. The number of hydrogen-bond acceptors (Lipinski definition) is 16. The summed E-state index contributed by atoms with van der Waals surface area (Å²) in [5.74, 6) is 1.60. The number of hydrogen-bond donors (Lipinski definition) is 0. The van der Waals surface area contributed by atoms with Crippen LogP contribution in [0.2, 0.25) is 0 Å². The van der Waals surface area contributed by atoms with Crippen LogP contribution in [0, 0.1) is 13.8 Å².